The number of fused-ring (bicyclic) bond motifs is 1. The molecule has 1 aliphatic rings. The van der Waals surface area contributed by atoms with Gasteiger partial charge in [0.25, 0.3) is 18.3 Å². The van der Waals surface area contributed by atoms with Crippen molar-refractivity contribution in [2.45, 2.75) is 31.5 Å². The molecule has 12 nitrogen and oxygen atoms in total. The summed E-state index contributed by atoms with van der Waals surface area (Å²) in [7, 11) is 0. The van der Waals surface area contributed by atoms with Crippen LogP contribution >= 0.6 is 0 Å². The lowest BCUT2D eigenvalue weighted by Gasteiger charge is -2.22. The molecule has 0 bridgehead atoms. The normalized spacial score (nSPS) is 16.8. The number of aromatic amines is 2. The average molecular weight is 454 g/mol. The topological polar surface area (TPSA) is 170 Å². The minimum Gasteiger partial charge on any atom is -0.483 e. The smallest absolute Gasteiger partial charge is 0.416 e. The maximum atomic E-state index is 13.2. The van der Waals surface area contributed by atoms with Gasteiger partial charge in [-0.25, -0.2) is 10.1 Å². The van der Waals surface area contributed by atoms with E-state index in [4.69, 9.17) is 9.90 Å². The lowest BCUT2D eigenvalue weighted by atomic mass is 10.1. The Morgan fingerprint density at radius 1 is 1.31 bits per heavy atom. The number of hydrogen-bond donors (Lipinski definition) is 4. The second kappa shape index (κ2) is 9.40. The first-order valence-corrected chi connectivity index (χ1v) is 9.24. The number of aromatic nitrogens is 6. The Morgan fingerprint density at radius 3 is 2.72 bits per heavy atom. The van der Waals surface area contributed by atoms with Crippen molar-refractivity contribution in [3.63, 3.8) is 0 Å². The van der Waals surface area contributed by atoms with Gasteiger partial charge in [0.15, 0.2) is 0 Å². The van der Waals surface area contributed by atoms with Gasteiger partial charge in [0.2, 0.25) is 5.95 Å². The van der Waals surface area contributed by atoms with Gasteiger partial charge in [0.1, 0.15) is 6.04 Å². The van der Waals surface area contributed by atoms with Gasteiger partial charge in [0, 0.05) is 6.54 Å². The summed E-state index contributed by atoms with van der Waals surface area (Å²) in [5.74, 6) is -1.10. The third-order valence-corrected chi connectivity index (χ3v) is 4.69. The molecule has 1 unspecified atom stereocenters. The lowest BCUT2D eigenvalue weighted by Crippen LogP contribution is -2.48. The Balaban J connectivity index is 0.000000913. The fraction of sp³-hybridized carbons (Fsp3) is 0.353. The van der Waals surface area contributed by atoms with Crippen LogP contribution in [0.3, 0.4) is 0 Å². The second-order valence-corrected chi connectivity index (χ2v) is 6.66. The number of nitrogens with one attached hydrogen (secondary N) is 3. The van der Waals surface area contributed by atoms with Crippen molar-refractivity contribution >= 4 is 35.3 Å². The fourth-order valence-electron chi connectivity index (χ4n) is 3.28. The number of hydrogen-bond acceptors (Lipinski definition) is 7. The number of anilines is 1. The molecule has 2 aromatic heterocycles. The Morgan fingerprint density at radius 2 is 2.06 bits per heavy atom. The van der Waals surface area contributed by atoms with E-state index in [1.807, 2.05) is 0 Å². The molecule has 1 aliphatic heterocycles. The molecule has 1 atom stereocenters. The van der Waals surface area contributed by atoms with Crippen LogP contribution in [0.2, 0.25) is 0 Å². The van der Waals surface area contributed by atoms with E-state index in [1.54, 1.807) is 0 Å². The first-order chi connectivity index (χ1) is 15.3. The van der Waals surface area contributed by atoms with E-state index in [0.29, 0.717) is 25.8 Å². The van der Waals surface area contributed by atoms with Crippen LogP contribution in [0.15, 0.2) is 18.5 Å². The summed E-state index contributed by atoms with van der Waals surface area (Å²) >= 11 is 0. The number of alkyl halides is 3. The summed E-state index contributed by atoms with van der Waals surface area (Å²) in [5.41, 5.74) is -1.07. The summed E-state index contributed by atoms with van der Waals surface area (Å²) in [4.78, 5) is 41.8. The molecule has 0 radical (unpaired) electrons. The summed E-state index contributed by atoms with van der Waals surface area (Å²) in [5, 5.41) is 22.5. The highest BCUT2D eigenvalue weighted by molar-refractivity contribution is 6.07. The van der Waals surface area contributed by atoms with Crippen molar-refractivity contribution in [3.8, 4) is 0 Å². The number of H-pyrrole nitrogens is 2. The zero-order valence-corrected chi connectivity index (χ0v) is 16.3. The first kappa shape index (κ1) is 22.6. The van der Waals surface area contributed by atoms with Crippen molar-refractivity contribution in [1.82, 2.24) is 35.9 Å². The Bertz CT molecular complexity index is 1100. The van der Waals surface area contributed by atoms with E-state index in [-0.39, 0.29) is 29.0 Å². The summed E-state index contributed by atoms with van der Waals surface area (Å²) in [6, 6.07) is 0.676. The quantitative estimate of drug-likeness (QED) is 0.427. The molecule has 0 aliphatic carbocycles. The molecular formula is C17H17F3N8O4. The Labute approximate surface area is 177 Å². The number of carboxylic acid groups (broad SMARTS) is 1. The van der Waals surface area contributed by atoms with Crippen LogP contribution in [0, 0.1) is 0 Å². The van der Waals surface area contributed by atoms with E-state index in [9.17, 15) is 22.8 Å². The van der Waals surface area contributed by atoms with Gasteiger partial charge in [-0.2, -0.15) is 13.2 Å². The minimum atomic E-state index is -4.64. The molecule has 4 rings (SSSR count). The standard InChI is InChI=1S/C16H15F3N8O2.CH2O2/c17-16(18,19)8-5-9(12-11(6-8)20-7-21-12)13(28)22-10-3-1-2-4-27(14(10)29)15-23-25-26-24-15;2-1-3/h5-7,10H,1-4H2,(H,20,21)(H,22,28)(H,23,24,25,26);1H,(H,2,3). The van der Waals surface area contributed by atoms with E-state index in [1.165, 1.54) is 11.2 Å². The molecule has 0 saturated carbocycles. The molecule has 1 aromatic carbocycles. The molecular weight excluding hydrogens is 437 g/mol. The van der Waals surface area contributed by atoms with Crippen molar-refractivity contribution in [2.75, 3.05) is 11.4 Å². The van der Waals surface area contributed by atoms with Gasteiger partial charge < -0.3 is 15.4 Å². The molecule has 32 heavy (non-hydrogen) atoms. The number of carbonyl (C=O) groups is 3. The van der Waals surface area contributed by atoms with E-state index < -0.39 is 29.6 Å². The zero-order valence-electron chi connectivity index (χ0n) is 16.3. The van der Waals surface area contributed by atoms with E-state index >= 15 is 0 Å². The number of nitrogens with zero attached hydrogens (tertiary/aromatic N) is 5. The number of rotatable bonds is 3. The number of amides is 2. The molecule has 2 amide bonds. The Hall–Kier alpha value is -4.04. The summed E-state index contributed by atoms with van der Waals surface area (Å²) < 4.78 is 39.6. The van der Waals surface area contributed by atoms with Gasteiger partial charge in [-0.05, 0) is 41.8 Å². The van der Waals surface area contributed by atoms with Crippen molar-refractivity contribution in [3.05, 3.63) is 29.6 Å². The zero-order chi connectivity index (χ0) is 23.3. The van der Waals surface area contributed by atoms with Gasteiger partial charge in [0.05, 0.1) is 28.5 Å². The predicted molar refractivity (Wildman–Crippen MR) is 101 cm³/mol. The van der Waals surface area contributed by atoms with Crippen molar-refractivity contribution in [2.24, 2.45) is 0 Å². The highest BCUT2D eigenvalue weighted by atomic mass is 19.4. The number of benzene rings is 1. The minimum absolute atomic E-state index is 0.00605. The van der Waals surface area contributed by atoms with Gasteiger partial charge in [-0.3, -0.25) is 19.3 Å². The number of halogens is 3. The monoisotopic (exact) mass is 454 g/mol. The number of imidazole rings is 1. The molecule has 170 valence electrons. The van der Waals surface area contributed by atoms with Crippen LogP contribution in [0.5, 0.6) is 0 Å². The molecule has 0 spiro atoms. The molecule has 3 aromatic rings. The maximum absolute atomic E-state index is 13.2. The van der Waals surface area contributed by atoms with Crippen LogP contribution in [-0.2, 0) is 15.8 Å². The third kappa shape index (κ3) is 4.81. The van der Waals surface area contributed by atoms with Crippen molar-refractivity contribution in [1.29, 1.82) is 0 Å². The SMILES string of the molecule is O=C(NC1CCCCN(c2nnn[nH]2)C1=O)c1cc(C(F)(F)F)cc2nc[nH]c12.O=CO. The van der Waals surface area contributed by atoms with E-state index in [2.05, 4.69) is 35.9 Å². The molecule has 1 saturated heterocycles. The highest BCUT2D eigenvalue weighted by Gasteiger charge is 2.34. The van der Waals surface area contributed by atoms with Crippen LogP contribution in [-0.4, -0.2) is 66.6 Å². The molecule has 15 heteroatoms. The summed E-state index contributed by atoms with van der Waals surface area (Å²) in [6.07, 6.45) is -1.80. The van der Waals surface area contributed by atoms with Gasteiger partial charge >= 0.3 is 6.18 Å². The molecule has 1 fully saturated rings. The second-order valence-electron chi connectivity index (χ2n) is 6.66. The van der Waals surface area contributed by atoms with Crippen LogP contribution in [0.1, 0.15) is 35.2 Å². The van der Waals surface area contributed by atoms with Crippen LogP contribution in [0.4, 0.5) is 19.1 Å². The first-order valence-electron chi connectivity index (χ1n) is 9.24. The van der Waals surface area contributed by atoms with Crippen molar-refractivity contribution < 1.29 is 32.7 Å². The van der Waals surface area contributed by atoms with Crippen LogP contribution in [0.25, 0.3) is 11.0 Å². The Kier molecular flexibility index (Phi) is 6.65. The average Bonchev–Trinajstić information content (AvgIpc) is 3.40. The number of tetrazole rings is 1. The largest absolute Gasteiger partial charge is 0.483 e. The highest BCUT2D eigenvalue weighted by Crippen LogP contribution is 2.32. The maximum Gasteiger partial charge on any atom is 0.416 e. The predicted octanol–water partition coefficient (Wildman–Crippen LogP) is 1.11. The van der Waals surface area contributed by atoms with Crippen LogP contribution < -0.4 is 10.2 Å². The third-order valence-electron chi connectivity index (χ3n) is 4.69. The molecule has 3 heterocycles. The van der Waals surface area contributed by atoms with Gasteiger partial charge in [-0.15, -0.1) is 0 Å². The molecule has 4 N–H and O–H groups in total. The van der Waals surface area contributed by atoms with Gasteiger partial charge in [-0.1, -0.05) is 5.10 Å². The summed E-state index contributed by atoms with van der Waals surface area (Å²) in [6.45, 7) is 0.108. The lowest BCUT2D eigenvalue weighted by molar-refractivity contribution is -0.137. The fourth-order valence-corrected chi connectivity index (χ4v) is 3.28. The number of carbonyl (C=O) groups excluding carboxylic acids is 2. The van der Waals surface area contributed by atoms with E-state index in [0.717, 1.165) is 12.1 Å².